The quantitative estimate of drug-likeness (QED) is 0.416. The highest BCUT2D eigenvalue weighted by Crippen LogP contribution is 2.22. The molecule has 0 aliphatic carbocycles. The number of carbonyl (C=O) groups excluding carboxylic acids is 1. The van der Waals surface area contributed by atoms with E-state index < -0.39 is 0 Å². The third-order valence-electron chi connectivity index (χ3n) is 6.21. The molecule has 0 radical (unpaired) electrons. The average Bonchev–Trinajstić information content (AvgIpc) is 3.40. The Kier molecular flexibility index (Phi) is 6.46. The predicted molar refractivity (Wildman–Crippen MR) is 131 cm³/mol. The van der Waals surface area contributed by atoms with Gasteiger partial charge in [-0.3, -0.25) is 4.79 Å². The Morgan fingerprint density at radius 2 is 1.82 bits per heavy atom. The molecule has 1 aliphatic heterocycles. The van der Waals surface area contributed by atoms with E-state index in [0.717, 1.165) is 48.1 Å². The third-order valence-corrected chi connectivity index (χ3v) is 6.21. The largest absolute Gasteiger partial charge is 0.343 e. The molecule has 0 spiro atoms. The van der Waals surface area contributed by atoms with Crippen LogP contribution >= 0.6 is 0 Å². The monoisotopic (exact) mass is 456 g/mol. The summed E-state index contributed by atoms with van der Waals surface area (Å²) in [5.41, 5.74) is 4.71. The molecule has 3 heterocycles. The standard InChI is InChI=1S/C26H28N6O2/c1-19-6-8-20(9-7-19)10-13-24-27-26(29-34-24)21-11-12-23-22(18-21)28-30-32(23)17-14-25(33)31-15-4-2-3-5-16-31/h6-13,18H,2-5,14-17H2,1H3. The second-order valence-electron chi connectivity index (χ2n) is 8.76. The molecule has 0 saturated carbocycles. The Morgan fingerprint density at radius 3 is 2.62 bits per heavy atom. The summed E-state index contributed by atoms with van der Waals surface area (Å²) in [6.07, 6.45) is 8.80. The van der Waals surface area contributed by atoms with Crippen LogP contribution < -0.4 is 0 Å². The minimum atomic E-state index is 0.195. The van der Waals surface area contributed by atoms with Gasteiger partial charge in [0.1, 0.15) is 5.52 Å². The van der Waals surface area contributed by atoms with Crippen molar-refractivity contribution in [1.82, 2.24) is 30.0 Å². The number of rotatable bonds is 6. The van der Waals surface area contributed by atoms with Crippen molar-refractivity contribution < 1.29 is 9.32 Å². The molecule has 5 rings (SSSR count). The molecule has 0 atom stereocenters. The minimum absolute atomic E-state index is 0.195. The van der Waals surface area contributed by atoms with Gasteiger partial charge in [-0.25, -0.2) is 4.68 Å². The number of carbonyl (C=O) groups is 1. The van der Waals surface area contributed by atoms with Crippen LogP contribution in [0.25, 0.3) is 34.6 Å². The van der Waals surface area contributed by atoms with E-state index in [0.29, 0.717) is 24.7 Å². The van der Waals surface area contributed by atoms with Gasteiger partial charge < -0.3 is 9.42 Å². The zero-order valence-corrected chi connectivity index (χ0v) is 19.4. The number of hydrogen-bond acceptors (Lipinski definition) is 6. The minimum Gasteiger partial charge on any atom is -0.343 e. The van der Waals surface area contributed by atoms with Gasteiger partial charge in [-0.15, -0.1) is 5.10 Å². The molecule has 4 aromatic rings. The third kappa shape index (κ3) is 5.06. The second-order valence-corrected chi connectivity index (χ2v) is 8.76. The molecule has 1 saturated heterocycles. The van der Waals surface area contributed by atoms with Crippen molar-refractivity contribution in [3.8, 4) is 11.4 Å². The highest BCUT2D eigenvalue weighted by atomic mass is 16.5. The van der Waals surface area contributed by atoms with Gasteiger partial charge in [-0.05, 0) is 49.6 Å². The van der Waals surface area contributed by atoms with E-state index in [4.69, 9.17) is 4.52 Å². The van der Waals surface area contributed by atoms with Crippen molar-refractivity contribution >= 4 is 29.1 Å². The maximum atomic E-state index is 12.6. The Morgan fingerprint density at radius 1 is 1.03 bits per heavy atom. The topological polar surface area (TPSA) is 89.9 Å². The van der Waals surface area contributed by atoms with Crippen LogP contribution in [0.5, 0.6) is 0 Å². The molecule has 34 heavy (non-hydrogen) atoms. The first-order valence-electron chi connectivity index (χ1n) is 11.9. The molecule has 174 valence electrons. The summed E-state index contributed by atoms with van der Waals surface area (Å²) in [7, 11) is 0. The highest BCUT2D eigenvalue weighted by molar-refractivity contribution is 5.80. The van der Waals surface area contributed by atoms with Crippen molar-refractivity contribution in [3.63, 3.8) is 0 Å². The van der Waals surface area contributed by atoms with E-state index in [9.17, 15) is 4.79 Å². The van der Waals surface area contributed by atoms with E-state index in [1.807, 2.05) is 41.3 Å². The van der Waals surface area contributed by atoms with Gasteiger partial charge in [0.15, 0.2) is 0 Å². The number of amides is 1. The van der Waals surface area contributed by atoms with Crippen molar-refractivity contribution in [2.45, 2.75) is 45.6 Å². The summed E-state index contributed by atoms with van der Waals surface area (Å²) in [5.74, 6) is 1.13. The second kappa shape index (κ2) is 9.99. The van der Waals surface area contributed by atoms with E-state index in [1.165, 1.54) is 18.4 Å². The summed E-state index contributed by atoms with van der Waals surface area (Å²) in [6.45, 7) is 4.31. The lowest BCUT2D eigenvalue weighted by molar-refractivity contribution is -0.131. The number of hydrogen-bond donors (Lipinski definition) is 0. The van der Waals surface area contributed by atoms with Crippen LogP contribution in [0.2, 0.25) is 0 Å². The summed E-state index contributed by atoms with van der Waals surface area (Å²) < 4.78 is 7.17. The normalized spacial score (nSPS) is 14.7. The fourth-order valence-corrected chi connectivity index (χ4v) is 4.22. The van der Waals surface area contributed by atoms with Crippen molar-refractivity contribution in [2.24, 2.45) is 0 Å². The van der Waals surface area contributed by atoms with E-state index in [1.54, 1.807) is 10.8 Å². The summed E-state index contributed by atoms with van der Waals surface area (Å²) in [4.78, 5) is 19.1. The number of aromatic nitrogens is 5. The Labute approximate surface area is 198 Å². The van der Waals surface area contributed by atoms with Gasteiger partial charge in [0.05, 0.1) is 12.1 Å². The smallest absolute Gasteiger partial charge is 0.250 e. The molecule has 8 nitrogen and oxygen atoms in total. The molecule has 0 bridgehead atoms. The van der Waals surface area contributed by atoms with Gasteiger partial charge >= 0.3 is 0 Å². The molecule has 0 N–H and O–H groups in total. The summed E-state index contributed by atoms with van der Waals surface area (Å²) in [5, 5.41) is 12.7. The van der Waals surface area contributed by atoms with Crippen LogP contribution in [0.15, 0.2) is 47.0 Å². The fourth-order valence-electron chi connectivity index (χ4n) is 4.22. The lowest BCUT2D eigenvalue weighted by Crippen LogP contribution is -2.32. The summed E-state index contributed by atoms with van der Waals surface area (Å²) in [6, 6.07) is 14.0. The first-order chi connectivity index (χ1) is 16.7. The molecular weight excluding hydrogens is 428 g/mol. The number of likely N-dealkylation sites (tertiary alicyclic amines) is 1. The Balaban J connectivity index is 1.25. The van der Waals surface area contributed by atoms with E-state index in [-0.39, 0.29) is 5.91 Å². The Bertz CT molecular complexity index is 1300. The van der Waals surface area contributed by atoms with Crippen LogP contribution in [0.1, 0.15) is 49.1 Å². The zero-order chi connectivity index (χ0) is 23.3. The fraction of sp³-hybridized carbons (Fsp3) is 0.346. The SMILES string of the molecule is Cc1ccc(C=Cc2nc(-c3ccc4c(c3)nnn4CCC(=O)N3CCCCCC3)no2)cc1. The number of benzene rings is 2. The van der Waals surface area contributed by atoms with Crippen LogP contribution in [0.4, 0.5) is 0 Å². The maximum absolute atomic E-state index is 12.6. The van der Waals surface area contributed by atoms with E-state index >= 15 is 0 Å². The van der Waals surface area contributed by atoms with Crippen molar-refractivity contribution in [1.29, 1.82) is 0 Å². The highest BCUT2D eigenvalue weighted by Gasteiger charge is 2.16. The molecule has 1 aliphatic rings. The molecule has 8 heteroatoms. The molecule has 1 fully saturated rings. The first kappa shape index (κ1) is 22.0. The molecule has 0 unspecified atom stereocenters. The van der Waals surface area contributed by atoms with Crippen LogP contribution in [-0.2, 0) is 11.3 Å². The first-order valence-corrected chi connectivity index (χ1v) is 11.9. The van der Waals surface area contributed by atoms with Gasteiger partial charge in [-0.1, -0.05) is 53.0 Å². The number of aryl methyl sites for hydroxylation is 2. The molecule has 1 amide bonds. The average molecular weight is 457 g/mol. The van der Waals surface area contributed by atoms with Crippen LogP contribution in [0, 0.1) is 6.92 Å². The lowest BCUT2D eigenvalue weighted by Gasteiger charge is -2.20. The van der Waals surface area contributed by atoms with Crippen molar-refractivity contribution in [3.05, 3.63) is 59.5 Å². The lowest BCUT2D eigenvalue weighted by atomic mass is 10.1. The molecule has 2 aromatic carbocycles. The molecule has 2 aromatic heterocycles. The summed E-state index contributed by atoms with van der Waals surface area (Å²) >= 11 is 0. The van der Waals surface area contributed by atoms with Crippen molar-refractivity contribution in [2.75, 3.05) is 13.1 Å². The molecular formula is C26H28N6O2. The predicted octanol–water partition coefficient (Wildman–Crippen LogP) is 4.75. The number of nitrogens with zero attached hydrogens (tertiary/aromatic N) is 6. The van der Waals surface area contributed by atoms with Gasteiger partial charge in [0.25, 0.3) is 5.89 Å². The van der Waals surface area contributed by atoms with Gasteiger partial charge in [0, 0.05) is 31.1 Å². The number of fused-ring (bicyclic) bond motifs is 1. The van der Waals surface area contributed by atoms with Gasteiger partial charge in [0.2, 0.25) is 11.7 Å². The van der Waals surface area contributed by atoms with Crippen LogP contribution in [-0.4, -0.2) is 49.0 Å². The van der Waals surface area contributed by atoms with E-state index in [2.05, 4.69) is 39.5 Å². The zero-order valence-electron chi connectivity index (χ0n) is 19.4. The maximum Gasteiger partial charge on any atom is 0.250 e. The van der Waals surface area contributed by atoms with Gasteiger partial charge in [-0.2, -0.15) is 4.98 Å². The Hall–Kier alpha value is -3.81. The van der Waals surface area contributed by atoms with Crippen LogP contribution in [0.3, 0.4) is 0 Å².